The first-order valence-electron chi connectivity index (χ1n) is 5.58. The lowest BCUT2D eigenvalue weighted by atomic mass is 10.1. The minimum Gasteiger partial charge on any atom is -0.461 e. The minimum atomic E-state index is -0.383. The van der Waals surface area contributed by atoms with Crippen LogP contribution in [0, 0.1) is 6.92 Å². The normalized spacial score (nSPS) is 10.5. The number of carbonyl (C=O) groups excluding carboxylic acids is 1. The summed E-state index contributed by atoms with van der Waals surface area (Å²) in [5.41, 5.74) is 2.49. The molecule has 0 aliphatic heterocycles. The average molecular weight is 229 g/mol. The van der Waals surface area contributed by atoms with Crippen LogP contribution < -0.4 is 0 Å². The van der Waals surface area contributed by atoms with E-state index in [-0.39, 0.29) is 5.97 Å². The zero-order valence-corrected chi connectivity index (χ0v) is 10.1. The van der Waals surface area contributed by atoms with Crippen molar-refractivity contribution in [3.05, 3.63) is 42.6 Å². The fraction of sp³-hybridized carbons (Fsp3) is 0.214. The van der Waals surface area contributed by atoms with Gasteiger partial charge < -0.3 is 9.30 Å². The largest absolute Gasteiger partial charge is 0.461 e. The highest BCUT2D eigenvalue weighted by molar-refractivity contribution is 6.11. The Hall–Kier alpha value is -2.03. The van der Waals surface area contributed by atoms with E-state index in [1.54, 1.807) is 11.5 Å². The summed E-state index contributed by atoms with van der Waals surface area (Å²) in [7, 11) is 0. The quantitative estimate of drug-likeness (QED) is 0.598. The highest BCUT2D eigenvalue weighted by atomic mass is 16.5. The van der Waals surface area contributed by atoms with Crippen molar-refractivity contribution in [3.8, 4) is 0 Å². The first kappa shape index (κ1) is 11.5. The topological polar surface area (TPSA) is 31.2 Å². The fourth-order valence-corrected chi connectivity index (χ4v) is 1.87. The Morgan fingerprint density at radius 2 is 2.18 bits per heavy atom. The Balaban J connectivity index is 2.46. The van der Waals surface area contributed by atoms with E-state index in [4.69, 9.17) is 4.74 Å². The van der Waals surface area contributed by atoms with Gasteiger partial charge in [-0.25, -0.2) is 4.79 Å². The number of aromatic nitrogens is 1. The third-order valence-electron chi connectivity index (χ3n) is 2.75. The number of rotatable bonds is 3. The standard InChI is InChI=1S/C14H15NO2/c1-4-17-14(16)11(3)15-9-8-12-10(2)6-5-7-13(12)15/h5-9H,3-4H2,1-2H3. The molecule has 2 rings (SSSR count). The summed E-state index contributed by atoms with van der Waals surface area (Å²) in [5, 5.41) is 1.12. The second-order valence-corrected chi connectivity index (χ2v) is 3.86. The Bertz CT molecular complexity index is 581. The molecule has 1 heterocycles. The Kier molecular flexibility index (Phi) is 3.00. The molecule has 0 aliphatic rings. The number of hydrogen-bond donors (Lipinski definition) is 0. The first-order chi connectivity index (χ1) is 8.15. The summed E-state index contributed by atoms with van der Waals surface area (Å²) in [4.78, 5) is 11.6. The highest BCUT2D eigenvalue weighted by Crippen LogP contribution is 2.22. The molecule has 0 atom stereocenters. The van der Waals surface area contributed by atoms with Crippen LogP contribution >= 0.6 is 0 Å². The molecule has 3 nitrogen and oxygen atoms in total. The van der Waals surface area contributed by atoms with Crippen molar-refractivity contribution in [1.82, 2.24) is 4.57 Å². The van der Waals surface area contributed by atoms with Crippen molar-refractivity contribution in [2.24, 2.45) is 0 Å². The van der Waals surface area contributed by atoms with E-state index in [1.807, 2.05) is 37.4 Å². The summed E-state index contributed by atoms with van der Waals surface area (Å²) in [6.45, 7) is 7.96. The van der Waals surface area contributed by atoms with Crippen molar-refractivity contribution < 1.29 is 9.53 Å². The molecule has 0 saturated heterocycles. The summed E-state index contributed by atoms with van der Waals surface area (Å²) >= 11 is 0. The number of esters is 1. The van der Waals surface area contributed by atoms with E-state index in [2.05, 4.69) is 6.58 Å². The van der Waals surface area contributed by atoms with Gasteiger partial charge in [0.25, 0.3) is 0 Å². The van der Waals surface area contributed by atoms with E-state index in [1.165, 1.54) is 5.56 Å². The van der Waals surface area contributed by atoms with E-state index in [0.29, 0.717) is 12.3 Å². The van der Waals surface area contributed by atoms with Crippen LogP contribution in [0.5, 0.6) is 0 Å². The molecule has 2 aromatic rings. The molecule has 0 unspecified atom stereocenters. The lowest BCUT2D eigenvalue weighted by molar-refractivity contribution is -0.136. The van der Waals surface area contributed by atoms with Crippen LogP contribution in [0.2, 0.25) is 0 Å². The molecule has 0 spiro atoms. The molecule has 0 amide bonds. The van der Waals surface area contributed by atoms with Crippen molar-refractivity contribution in [1.29, 1.82) is 0 Å². The third kappa shape index (κ3) is 1.96. The number of aryl methyl sites for hydroxylation is 1. The molecule has 0 saturated carbocycles. The van der Waals surface area contributed by atoms with Gasteiger partial charge in [0.15, 0.2) is 0 Å². The second-order valence-electron chi connectivity index (χ2n) is 3.86. The van der Waals surface area contributed by atoms with Gasteiger partial charge in [-0.15, -0.1) is 0 Å². The number of ether oxygens (including phenoxy) is 1. The highest BCUT2D eigenvalue weighted by Gasteiger charge is 2.12. The Morgan fingerprint density at radius 3 is 2.88 bits per heavy atom. The SMILES string of the molecule is C=C(C(=O)OCC)n1ccc2c(C)cccc21. The van der Waals surface area contributed by atoms with Crippen molar-refractivity contribution in [2.75, 3.05) is 6.61 Å². The summed E-state index contributed by atoms with van der Waals surface area (Å²) in [5.74, 6) is -0.383. The molecule has 17 heavy (non-hydrogen) atoms. The van der Waals surface area contributed by atoms with Gasteiger partial charge in [0.1, 0.15) is 5.70 Å². The minimum absolute atomic E-state index is 0.340. The van der Waals surface area contributed by atoms with Gasteiger partial charge in [0.2, 0.25) is 0 Å². The first-order valence-corrected chi connectivity index (χ1v) is 5.58. The van der Waals surface area contributed by atoms with Gasteiger partial charge in [0.05, 0.1) is 12.1 Å². The van der Waals surface area contributed by atoms with Crippen LogP contribution in [0.4, 0.5) is 0 Å². The van der Waals surface area contributed by atoms with Crippen LogP contribution in [0.1, 0.15) is 12.5 Å². The maximum Gasteiger partial charge on any atom is 0.354 e. The van der Waals surface area contributed by atoms with Crippen molar-refractivity contribution in [3.63, 3.8) is 0 Å². The van der Waals surface area contributed by atoms with Gasteiger partial charge >= 0.3 is 5.97 Å². The fourth-order valence-electron chi connectivity index (χ4n) is 1.87. The van der Waals surface area contributed by atoms with Crippen LogP contribution in [0.15, 0.2) is 37.0 Å². The van der Waals surface area contributed by atoms with Gasteiger partial charge in [0, 0.05) is 11.6 Å². The second kappa shape index (κ2) is 4.45. The van der Waals surface area contributed by atoms with Crippen LogP contribution in [-0.2, 0) is 9.53 Å². The van der Waals surface area contributed by atoms with Crippen molar-refractivity contribution >= 4 is 22.6 Å². The third-order valence-corrected chi connectivity index (χ3v) is 2.75. The number of fused-ring (bicyclic) bond motifs is 1. The lowest BCUT2D eigenvalue weighted by Gasteiger charge is -2.08. The number of benzene rings is 1. The average Bonchev–Trinajstić information content (AvgIpc) is 2.73. The molecule has 0 bridgehead atoms. The number of carbonyl (C=O) groups is 1. The molecule has 88 valence electrons. The van der Waals surface area contributed by atoms with E-state index in [9.17, 15) is 4.79 Å². The molecular formula is C14H15NO2. The Labute approximate surface area is 100 Å². The lowest BCUT2D eigenvalue weighted by Crippen LogP contribution is -2.10. The van der Waals surface area contributed by atoms with Gasteiger partial charge in [-0.3, -0.25) is 0 Å². The zero-order valence-electron chi connectivity index (χ0n) is 10.1. The molecular weight excluding hydrogens is 214 g/mol. The zero-order chi connectivity index (χ0) is 12.4. The van der Waals surface area contributed by atoms with E-state index in [0.717, 1.165) is 10.9 Å². The smallest absolute Gasteiger partial charge is 0.354 e. The predicted molar refractivity (Wildman–Crippen MR) is 68.6 cm³/mol. The monoisotopic (exact) mass is 229 g/mol. The molecule has 1 aromatic heterocycles. The molecule has 3 heteroatoms. The number of hydrogen-bond acceptors (Lipinski definition) is 2. The molecule has 0 N–H and O–H groups in total. The van der Waals surface area contributed by atoms with E-state index < -0.39 is 0 Å². The van der Waals surface area contributed by atoms with Crippen LogP contribution in [-0.4, -0.2) is 17.1 Å². The van der Waals surface area contributed by atoms with Gasteiger partial charge in [-0.05, 0) is 31.5 Å². The van der Waals surface area contributed by atoms with Crippen LogP contribution in [0.3, 0.4) is 0 Å². The van der Waals surface area contributed by atoms with Crippen molar-refractivity contribution in [2.45, 2.75) is 13.8 Å². The molecule has 0 aliphatic carbocycles. The molecule has 0 fully saturated rings. The maximum absolute atomic E-state index is 11.6. The van der Waals surface area contributed by atoms with Gasteiger partial charge in [-0.1, -0.05) is 18.7 Å². The van der Waals surface area contributed by atoms with Gasteiger partial charge in [-0.2, -0.15) is 0 Å². The maximum atomic E-state index is 11.6. The summed E-state index contributed by atoms with van der Waals surface area (Å²) in [6, 6.07) is 7.95. The Morgan fingerprint density at radius 1 is 1.41 bits per heavy atom. The number of nitrogens with zero attached hydrogens (tertiary/aromatic N) is 1. The summed E-state index contributed by atoms with van der Waals surface area (Å²) in [6.07, 6.45) is 1.84. The van der Waals surface area contributed by atoms with Crippen LogP contribution in [0.25, 0.3) is 16.6 Å². The molecule has 1 aromatic carbocycles. The molecule has 0 radical (unpaired) electrons. The predicted octanol–water partition coefficient (Wildman–Crippen LogP) is 2.98. The summed E-state index contributed by atoms with van der Waals surface area (Å²) < 4.78 is 6.71. The van der Waals surface area contributed by atoms with E-state index >= 15 is 0 Å².